The summed E-state index contributed by atoms with van der Waals surface area (Å²) >= 11 is 7.63. The van der Waals surface area contributed by atoms with Crippen molar-refractivity contribution in [1.29, 1.82) is 0 Å². The molecule has 0 saturated carbocycles. The molecule has 184 valence electrons. The first kappa shape index (κ1) is 25.4. The second kappa shape index (κ2) is 11.0. The number of nitrogens with zero attached hydrogens (tertiary/aromatic N) is 2. The standard InChI is InChI=1S/C26H27ClN2O4S2/c1-3-14-28(35(31,32)22-10-4-19(2)5-11-22)17-26(30)29-15-12-25-23(13-16-34-25)24(29)18-33-21-8-6-20(27)7-9-21/h3-11,13,16,24H,1,12,14-15,17-18H2,2H3. The van der Waals surface area contributed by atoms with Gasteiger partial charge in [0.25, 0.3) is 0 Å². The Hall–Kier alpha value is -2.65. The molecule has 0 radical (unpaired) electrons. The van der Waals surface area contributed by atoms with Gasteiger partial charge in [-0.3, -0.25) is 4.79 Å². The Morgan fingerprint density at radius 1 is 1.20 bits per heavy atom. The van der Waals surface area contributed by atoms with Crippen LogP contribution < -0.4 is 4.74 Å². The molecule has 1 aliphatic rings. The minimum Gasteiger partial charge on any atom is -0.491 e. The summed E-state index contributed by atoms with van der Waals surface area (Å²) in [5.74, 6) is 0.378. The molecular formula is C26H27ClN2O4S2. The lowest BCUT2D eigenvalue weighted by Crippen LogP contribution is -2.47. The molecule has 2 aromatic carbocycles. The summed E-state index contributed by atoms with van der Waals surface area (Å²) in [6.07, 6.45) is 2.22. The van der Waals surface area contributed by atoms with Crippen LogP contribution in [0, 0.1) is 6.92 Å². The number of fused-ring (bicyclic) bond motifs is 1. The van der Waals surface area contributed by atoms with Gasteiger partial charge in [-0.1, -0.05) is 35.4 Å². The molecule has 35 heavy (non-hydrogen) atoms. The second-order valence-electron chi connectivity index (χ2n) is 8.32. The summed E-state index contributed by atoms with van der Waals surface area (Å²) in [4.78, 5) is 16.6. The van der Waals surface area contributed by atoms with Crippen LogP contribution in [0.25, 0.3) is 0 Å². The van der Waals surface area contributed by atoms with Gasteiger partial charge in [-0.15, -0.1) is 17.9 Å². The third kappa shape index (κ3) is 5.78. The molecule has 1 amide bonds. The normalized spacial score (nSPS) is 15.6. The fourth-order valence-corrected chi connectivity index (χ4v) is 6.49. The maximum absolute atomic E-state index is 13.5. The van der Waals surface area contributed by atoms with Gasteiger partial charge in [0.15, 0.2) is 0 Å². The van der Waals surface area contributed by atoms with Crippen LogP contribution in [0.1, 0.15) is 22.0 Å². The zero-order valence-corrected chi connectivity index (χ0v) is 21.8. The van der Waals surface area contributed by atoms with Crippen molar-refractivity contribution in [2.75, 3.05) is 26.2 Å². The van der Waals surface area contributed by atoms with Crippen molar-refractivity contribution < 1.29 is 17.9 Å². The SMILES string of the molecule is C=CCN(CC(=O)N1CCc2sccc2C1COc1ccc(Cl)cc1)S(=O)(=O)c1ccc(C)cc1. The molecule has 9 heteroatoms. The predicted molar refractivity (Wildman–Crippen MR) is 140 cm³/mol. The zero-order valence-electron chi connectivity index (χ0n) is 19.4. The Balaban J connectivity index is 1.55. The Labute approximate surface area is 215 Å². The molecule has 0 saturated heterocycles. The molecule has 2 heterocycles. The first-order chi connectivity index (χ1) is 16.8. The van der Waals surface area contributed by atoms with Crippen molar-refractivity contribution in [3.05, 3.63) is 93.7 Å². The Morgan fingerprint density at radius 3 is 2.60 bits per heavy atom. The number of halogens is 1. The van der Waals surface area contributed by atoms with E-state index in [-0.39, 0.29) is 36.5 Å². The number of hydrogen-bond acceptors (Lipinski definition) is 5. The number of aryl methyl sites for hydroxylation is 1. The summed E-state index contributed by atoms with van der Waals surface area (Å²) < 4.78 is 33.8. The third-order valence-corrected chi connectivity index (χ3v) is 9.01. The van der Waals surface area contributed by atoms with E-state index in [0.29, 0.717) is 17.3 Å². The average Bonchev–Trinajstić information content (AvgIpc) is 3.32. The Bertz CT molecular complexity index is 1290. The number of sulfonamides is 1. The highest BCUT2D eigenvalue weighted by molar-refractivity contribution is 7.89. The van der Waals surface area contributed by atoms with E-state index < -0.39 is 10.0 Å². The summed E-state index contributed by atoms with van der Waals surface area (Å²) in [5.41, 5.74) is 2.00. The number of carbonyl (C=O) groups is 1. The topological polar surface area (TPSA) is 66.9 Å². The van der Waals surface area contributed by atoms with Crippen molar-refractivity contribution in [1.82, 2.24) is 9.21 Å². The molecule has 0 N–H and O–H groups in total. The summed E-state index contributed by atoms with van der Waals surface area (Å²) in [5, 5.41) is 2.63. The number of hydrogen-bond donors (Lipinski definition) is 0. The van der Waals surface area contributed by atoms with Crippen LogP contribution in [0.4, 0.5) is 0 Å². The van der Waals surface area contributed by atoms with E-state index in [1.165, 1.54) is 15.3 Å². The number of carbonyl (C=O) groups excluding carboxylic acids is 1. The van der Waals surface area contributed by atoms with Crippen molar-refractivity contribution in [2.45, 2.75) is 24.3 Å². The van der Waals surface area contributed by atoms with Gasteiger partial charge < -0.3 is 9.64 Å². The maximum Gasteiger partial charge on any atom is 0.243 e. The summed E-state index contributed by atoms with van der Waals surface area (Å²) in [7, 11) is -3.87. The molecule has 0 bridgehead atoms. The highest BCUT2D eigenvalue weighted by Gasteiger charge is 2.35. The van der Waals surface area contributed by atoms with Gasteiger partial charge >= 0.3 is 0 Å². The first-order valence-electron chi connectivity index (χ1n) is 11.2. The van der Waals surface area contributed by atoms with Gasteiger partial charge in [-0.05, 0) is 66.8 Å². The van der Waals surface area contributed by atoms with E-state index in [9.17, 15) is 13.2 Å². The van der Waals surface area contributed by atoms with Gasteiger partial charge in [0.1, 0.15) is 12.4 Å². The quantitative estimate of drug-likeness (QED) is 0.361. The largest absolute Gasteiger partial charge is 0.491 e. The van der Waals surface area contributed by atoms with Crippen molar-refractivity contribution in [3.63, 3.8) is 0 Å². The maximum atomic E-state index is 13.5. The summed E-state index contributed by atoms with van der Waals surface area (Å²) in [6.45, 7) is 6.08. The highest BCUT2D eigenvalue weighted by Crippen LogP contribution is 2.34. The van der Waals surface area contributed by atoms with E-state index in [1.807, 2.05) is 18.4 Å². The van der Waals surface area contributed by atoms with Crippen LogP contribution in [0.3, 0.4) is 0 Å². The molecule has 0 fully saturated rings. The molecule has 3 aromatic rings. The molecular weight excluding hydrogens is 504 g/mol. The lowest BCUT2D eigenvalue weighted by Gasteiger charge is -2.36. The third-order valence-electron chi connectivity index (χ3n) is 5.94. The minimum absolute atomic E-state index is 0.0332. The van der Waals surface area contributed by atoms with Gasteiger partial charge in [-0.25, -0.2) is 8.42 Å². The predicted octanol–water partition coefficient (Wildman–Crippen LogP) is 5.09. The highest BCUT2D eigenvalue weighted by atomic mass is 35.5. The summed E-state index contributed by atoms with van der Waals surface area (Å²) in [6, 6.07) is 15.4. The van der Waals surface area contributed by atoms with E-state index in [2.05, 4.69) is 6.58 Å². The Morgan fingerprint density at radius 2 is 1.91 bits per heavy atom. The number of rotatable bonds is 9. The lowest BCUT2D eigenvalue weighted by atomic mass is 10.0. The van der Waals surface area contributed by atoms with Gasteiger partial charge in [0, 0.05) is 23.0 Å². The fourth-order valence-electron chi connectivity index (χ4n) is 4.07. The van der Waals surface area contributed by atoms with Crippen LogP contribution in [0.15, 0.2) is 77.5 Å². The molecule has 1 unspecified atom stereocenters. The van der Waals surface area contributed by atoms with Gasteiger partial charge in [0.05, 0.1) is 17.5 Å². The van der Waals surface area contributed by atoms with Crippen LogP contribution in [-0.4, -0.2) is 49.8 Å². The van der Waals surface area contributed by atoms with Crippen molar-refractivity contribution in [2.24, 2.45) is 0 Å². The molecule has 1 aliphatic heterocycles. The number of thiophene rings is 1. The average molecular weight is 531 g/mol. The number of benzene rings is 2. The molecule has 6 nitrogen and oxygen atoms in total. The van der Waals surface area contributed by atoms with E-state index >= 15 is 0 Å². The van der Waals surface area contributed by atoms with E-state index in [1.54, 1.807) is 64.8 Å². The fraction of sp³-hybridized carbons (Fsp3) is 0.269. The van der Waals surface area contributed by atoms with Crippen LogP contribution in [-0.2, 0) is 21.2 Å². The monoisotopic (exact) mass is 530 g/mol. The first-order valence-corrected chi connectivity index (χ1v) is 13.9. The van der Waals surface area contributed by atoms with Crippen molar-refractivity contribution in [3.8, 4) is 5.75 Å². The number of ether oxygens (including phenoxy) is 1. The van der Waals surface area contributed by atoms with Crippen LogP contribution in [0.2, 0.25) is 5.02 Å². The molecule has 1 aromatic heterocycles. The van der Waals surface area contributed by atoms with Gasteiger partial charge in [-0.2, -0.15) is 4.31 Å². The number of amides is 1. The minimum atomic E-state index is -3.87. The van der Waals surface area contributed by atoms with E-state index in [0.717, 1.165) is 17.5 Å². The van der Waals surface area contributed by atoms with Crippen LogP contribution >= 0.6 is 22.9 Å². The Kier molecular flexibility index (Phi) is 7.96. The van der Waals surface area contributed by atoms with Gasteiger partial charge in [0.2, 0.25) is 15.9 Å². The van der Waals surface area contributed by atoms with Crippen LogP contribution in [0.5, 0.6) is 5.75 Å². The second-order valence-corrected chi connectivity index (χ2v) is 11.7. The zero-order chi connectivity index (χ0) is 25.0. The van der Waals surface area contributed by atoms with E-state index in [4.69, 9.17) is 16.3 Å². The smallest absolute Gasteiger partial charge is 0.243 e. The molecule has 1 atom stereocenters. The molecule has 4 rings (SSSR count). The molecule has 0 spiro atoms. The lowest BCUT2D eigenvalue weighted by molar-refractivity contribution is -0.135. The van der Waals surface area contributed by atoms with Crippen molar-refractivity contribution >= 4 is 38.9 Å². The molecule has 0 aliphatic carbocycles.